The zero-order valence-electron chi connectivity index (χ0n) is 8.02. The van der Waals surface area contributed by atoms with Crippen molar-refractivity contribution in [3.63, 3.8) is 0 Å². The first-order chi connectivity index (χ1) is 6.08. The van der Waals surface area contributed by atoms with Crippen LogP contribution in [0.3, 0.4) is 0 Å². The largest absolute Gasteiger partial charge is 0.379 e. The second kappa shape index (κ2) is 3.02. The molecule has 0 radical (unpaired) electrons. The maximum Gasteiger partial charge on any atom is 0.0521 e. The highest BCUT2D eigenvalue weighted by Crippen LogP contribution is 2.35. The van der Waals surface area contributed by atoms with Crippen molar-refractivity contribution >= 4 is 21.6 Å². The summed E-state index contributed by atoms with van der Waals surface area (Å²) >= 11 is 3.57. The lowest BCUT2D eigenvalue weighted by molar-refractivity contribution is 0.502. The number of benzene rings is 1. The van der Waals surface area contributed by atoms with Crippen LogP contribution in [0.1, 0.15) is 25.8 Å². The van der Waals surface area contributed by atoms with Gasteiger partial charge in [-0.2, -0.15) is 0 Å². The molecule has 0 saturated carbocycles. The molecule has 1 heterocycles. The van der Waals surface area contributed by atoms with Gasteiger partial charge in [-0.3, -0.25) is 0 Å². The SMILES string of the molecule is CC1(C)CCc2cccc(Br)c2N1. The average molecular weight is 240 g/mol. The molecule has 0 atom stereocenters. The van der Waals surface area contributed by atoms with Crippen molar-refractivity contribution in [1.82, 2.24) is 0 Å². The second-order valence-electron chi connectivity index (χ2n) is 4.28. The highest BCUT2D eigenvalue weighted by Gasteiger charge is 2.24. The molecule has 2 rings (SSSR count). The van der Waals surface area contributed by atoms with Gasteiger partial charge in [0.25, 0.3) is 0 Å². The predicted molar refractivity (Wildman–Crippen MR) is 60.2 cm³/mol. The van der Waals surface area contributed by atoms with Crippen molar-refractivity contribution in [2.45, 2.75) is 32.2 Å². The molecule has 2 heteroatoms. The van der Waals surface area contributed by atoms with E-state index in [0.717, 1.165) is 0 Å². The zero-order chi connectivity index (χ0) is 9.47. The van der Waals surface area contributed by atoms with Crippen LogP contribution >= 0.6 is 15.9 Å². The van der Waals surface area contributed by atoms with Gasteiger partial charge in [-0.15, -0.1) is 0 Å². The third-order valence-corrected chi connectivity index (χ3v) is 3.24. The van der Waals surface area contributed by atoms with E-state index < -0.39 is 0 Å². The van der Waals surface area contributed by atoms with Crippen LogP contribution in [0.4, 0.5) is 5.69 Å². The molecule has 13 heavy (non-hydrogen) atoms. The zero-order valence-corrected chi connectivity index (χ0v) is 9.61. The van der Waals surface area contributed by atoms with Crippen molar-refractivity contribution in [2.24, 2.45) is 0 Å². The molecule has 0 aromatic heterocycles. The summed E-state index contributed by atoms with van der Waals surface area (Å²) in [5, 5.41) is 3.56. The topological polar surface area (TPSA) is 12.0 Å². The normalized spacial score (nSPS) is 19.0. The molecule has 0 unspecified atom stereocenters. The van der Waals surface area contributed by atoms with Gasteiger partial charge in [0.05, 0.1) is 5.69 Å². The molecule has 0 saturated heterocycles. The number of halogens is 1. The number of anilines is 1. The second-order valence-corrected chi connectivity index (χ2v) is 5.14. The molecule has 1 aromatic carbocycles. The Morgan fingerprint density at radius 2 is 2.15 bits per heavy atom. The Labute approximate surface area is 87.7 Å². The van der Waals surface area contributed by atoms with Crippen molar-refractivity contribution in [2.75, 3.05) is 5.32 Å². The van der Waals surface area contributed by atoms with Crippen LogP contribution in [0.2, 0.25) is 0 Å². The third-order valence-electron chi connectivity index (χ3n) is 2.58. The lowest BCUT2D eigenvalue weighted by atomic mass is 9.89. The van der Waals surface area contributed by atoms with Crippen LogP contribution in [-0.2, 0) is 6.42 Å². The molecule has 1 aliphatic heterocycles. The molecule has 0 bridgehead atoms. The minimum absolute atomic E-state index is 0.233. The van der Waals surface area contributed by atoms with Crippen molar-refractivity contribution in [3.05, 3.63) is 28.2 Å². The smallest absolute Gasteiger partial charge is 0.0521 e. The summed E-state index contributed by atoms with van der Waals surface area (Å²) in [6.45, 7) is 4.49. The Kier molecular flexibility index (Phi) is 2.11. The summed E-state index contributed by atoms with van der Waals surface area (Å²) in [5.41, 5.74) is 2.93. The number of para-hydroxylation sites is 1. The van der Waals surface area contributed by atoms with E-state index in [4.69, 9.17) is 0 Å². The van der Waals surface area contributed by atoms with E-state index in [1.54, 1.807) is 0 Å². The lowest BCUT2D eigenvalue weighted by Crippen LogP contribution is -2.35. The molecule has 1 nitrogen and oxygen atoms in total. The Morgan fingerprint density at radius 3 is 2.92 bits per heavy atom. The van der Waals surface area contributed by atoms with E-state index in [0.29, 0.717) is 0 Å². The van der Waals surface area contributed by atoms with Crippen LogP contribution < -0.4 is 5.32 Å². The maximum absolute atomic E-state index is 3.57. The van der Waals surface area contributed by atoms with Crippen LogP contribution in [0.5, 0.6) is 0 Å². The van der Waals surface area contributed by atoms with Crippen molar-refractivity contribution in [1.29, 1.82) is 0 Å². The van der Waals surface area contributed by atoms with Gasteiger partial charge in [-0.1, -0.05) is 12.1 Å². The van der Waals surface area contributed by atoms with Crippen LogP contribution in [0.15, 0.2) is 22.7 Å². The monoisotopic (exact) mass is 239 g/mol. The van der Waals surface area contributed by atoms with E-state index in [2.05, 4.69) is 53.3 Å². The number of rotatable bonds is 0. The Hall–Kier alpha value is -0.500. The molecule has 1 aromatic rings. The van der Waals surface area contributed by atoms with Crippen LogP contribution in [0.25, 0.3) is 0 Å². The van der Waals surface area contributed by atoms with Crippen molar-refractivity contribution < 1.29 is 0 Å². The van der Waals surface area contributed by atoms with Gasteiger partial charge in [0.1, 0.15) is 0 Å². The summed E-state index contributed by atoms with van der Waals surface area (Å²) in [6.07, 6.45) is 2.38. The Morgan fingerprint density at radius 1 is 1.38 bits per heavy atom. The van der Waals surface area contributed by atoms with Gasteiger partial charge >= 0.3 is 0 Å². The van der Waals surface area contributed by atoms with Gasteiger partial charge in [0.2, 0.25) is 0 Å². The Bertz CT molecular complexity index is 331. The van der Waals surface area contributed by atoms with E-state index in [9.17, 15) is 0 Å². The van der Waals surface area contributed by atoms with Crippen LogP contribution in [-0.4, -0.2) is 5.54 Å². The van der Waals surface area contributed by atoms with Gasteiger partial charge in [-0.05, 0) is 54.2 Å². The van der Waals surface area contributed by atoms with E-state index >= 15 is 0 Å². The molecule has 0 spiro atoms. The Balaban J connectivity index is 2.44. The quantitative estimate of drug-likeness (QED) is 0.730. The van der Waals surface area contributed by atoms with E-state index in [1.165, 1.54) is 28.6 Å². The van der Waals surface area contributed by atoms with Crippen LogP contribution in [0, 0.1) is 0 Å². The molecule has 0 amide bonds. The fourth-order valence-electron chi connectivity index (χ4n) is 1.77. The van der Waals surface area contributed by atoms with Crippen molar-refractivity contribution in [3.8, 4) is 0 Å². The standard InChI is InChI=1S/C11H14BrN/c1-11(2)7-6-8-4-3-5-9(12)10(8)13-11/h3-5,13H,6-7H2,1-2H3. The third kappa shape index (κ3) is 1.73. The summed E-state index contributed by atoms with van der Waals surface area (Å²) < 4.78 is 1.18. The van der Waals surface area contributed by atoms with E-state index in [-0.39, 0.29) is 5.54 Å². The maximum atomic E-state index is 3.57. The number of nitrogens with one attached hydrogen (secondary N) is 1. The molecule has 1 N–H and O–H groups in total. The highest BCUT2D eigenvalue weighted by atomic mass is 79.9. The minimum atomic E-state index is 0.233. The minimum Gasteiger partial charge on any atom is -0.379 e. The summed E-state index contributed by atoms with van der Waals surface area (Å²) in [7, 11) is 0. The number of fused-ring (bicyclic) bond motifs is 1. The first-order valence-electron chi connectivity index (χ1n) is 4.64. The summed E-state index contributed by atoms with van der Waals surface area (Å²) in [5.74, 6) is 0. The summed E-state index contributed by atoms with van der Waals surface area (Å²) in [6, 6.07) is 6.39. The van der Waals surface area contributed by atoms with Gasteiger partial charge in [0.15, 0.2) is 0 Å². The van der Waals surface area contributed by atoms with E-state index in [1.807, 2.05) is 0 Å². The fraction of sp³-hybridized carbons (Fsp3) is 0.455. The van der Waals surface area contributed by atoms with Gasteiger partial charge in [-0.25, -0.2) is 0 Å². The predicted octanol–water partition coefficient (Wildman–Crippen LogP) is 3.59. The van der Waals surface area contributed by atoms with Gasteiger partial charge in [0, 0.05) is 10.0 Å². The first-order valence-corrected chi connectivity index (χ1v) is 5.43. The molecular formula is C11H14BrN. The average Bonchev–Trinajstić information content (AvgIpc) is 2.06. The molecular weight excluding hydrogens is 226 g/mol. The summed E-state index contributed by atoms with van der Waals surface area (Å²) in [4.78, 5) is 0. The molecule has 0 fully saturated rings. The highest BCUT2D eigenvalue weighted by molar-refractivity contribution is 9.10. The number of hydrogen-bond donors (Lipinski definition) is 1. The fourth-order valence-corrected chi connectivity index (χ4v) is 2.27. The number of hydrogen-bond acceptors (Lipinski definition) is 1. The number of aryl methyl sites for hydroxylation is 1. The lowest BCUT2D eigenvalue weighted by Gasteiger charge is -2.34. The molecule has 1 aliphatic rings. The molecule has 0 aliphatic carbocycles. The van der Waals surface area contributed by atoms with Gasteiger partial charge < -0.3 is 5.32 Å². The molecule has 70 valence electrons. The first kappa shape index (κ1) is 9.07.